The third-order valence-electron chi connectivity index (χ3n) is 4.93. The van der Waals surface area contributed by atoms with Gasteiger partial charge in [0, 0.05) is 6.04 Å². The van der Waals surface area contributed by atoms with E-state index in [1.807, 2.05) is 12.1 Å². The maximum atomic E-state index is 12.3. The fraction of sp³-hybridized carbons (Fsp3) is 0.286. The van der Waals surface area contributed by atoms with Crippen molar-refractivity contribution in [2.75, 3.05) is 13.1 Å². The first-order chi connectivity index (χ1) is 12.3. The highest BCUT2D eigenvalue weighted by Crippen LogP contribution is 2.35. The summed E-state index contributed by atoms with van der Waals surface area (Å²) < 4.78 is 5.26. The maximum absolute atomic E-state index is 12.3. The summed E-state index contributed by atoms with van der Waals surface area (Å²) in [5.41, 5.74) is 1.33. The Kier molecular flexibility index (Phi) is 4.53. The number of fused-ring (bicyclic) bond motifs is 1. The minimum Gasteiger partial charge on any atom is -0.467 e. The van der Waals surface area contributed by atoms with Crippen LogP contribution in [0.3, 0.4) is 0 Å². The summed E-state index contributed by atoms with van der Waals surface area (Å²) in [6.07, 6.45) is 3.84. The lowest BCUT2D eigenvalue weighted by Crippen LogP contribution is -2.36. The minimum absolute atomic E-state index is 0.0449. The van der Waals surface area contributed by atoms with Crippen LogP contribution in [0.5, 0.6) is 0 Å². The first-order valence-electron chi connectivity index (χ1n) is 8.82. The number of hydrogen-bond donors (Lipinski definition) is 1. The average Bonchev–Trinajstić information content (AvgIpc) is 3.31. The molecule has 4 heteroatoms. The summed E-state index contributed by atoms with van der Waals surface area (Å²) in [4.78, 5) is 14.6. The number of likely N-dealkylation sites (tertiary alicyclic amines) is 1. The van der Waals surface area contributed by atoms with Crippen molar-refractivity contribution in [2.24, 2.45) is 0 Å². The van der Waals surface area contributed by atoms with Crippen LogP contribution in [0.2, 0.25) is 0 Å². The molecule has 0 aliphatic carbocycles. The van der Waals surface area contributed by atoms with Crippen LogP contribution in [0.4, 0.5) is 0 Å². The van der Waals surface area contributed by atoms with E-state index < -0.39 is 0 Å². The molecule has 1 aliphatic rings. The van der Waals surface area contributed by atoms with E-state index in [0.29, 0.717) is 19.1 Å². The summed E-state index contributed by atoms with van der Waals surface area (Å²) in [6.45, 7) is 1.83. The quantitative estimate of drug-likeness (QED) is 0.770. The second-order valence-electron chi connectivity index (χ2n) is 6.55. The van der Waals surface area contributed by atoms with Gasteiger partial charge < -0.3 is 9.73 Å². The lowest BCUT2D eigenvalue weighted by Gasteiger charge is -2.25. The molecule has 1 amide bonds. The van der Waals surface area contributed by atoms with E-state index in [2.05, 4.69) is 52.7 Å². The first kappa shape index (κ1) is 15.9. The molecule has 1 aliphatic heterocycles. The second-order valence-corrected chi connectivity index (χ2v) is 6.55. The van der Waals surface area contributed by atoms with Crippen molar-refractivity contribution >= 4 is 16.7 Å². The van der Waals surface area contributed by atoms with Crippen LogP contribution in [0.1, 0.15) is 30.2 Å². The summed E-state index contributed by atoms with van der Waals surface area (Å²) in [5, 5.41) is 5.49. The number of amides is 1. The highest BCUT2D eigenvalue weighted by Gasteiger charge is 2.28. The third kappa shape index (κ3) is 3.44. The fourth-order valence-electron chi connectivity index (χ4n) is 3.75. The minimum atomic E-state index is 0.0449. The first-order valence-corrected chi connectivity index (χ1v) is 8.82. The Morgan fingerprint density at radius 3 is 2.88 bits per heavy atom. The Bertz CT molecular complexity index is 852. The van der Waals surface area contributed by atoms with Crippen molar-refractivity contribution in [3.63, 3.8) is 0 Å². The lowest BCUT2D eigenvalue weighted by molar-refractivity contribution is -0.122. The van der Waals surface area contributed by atoms with Crippen LogP contribution < -0.4 is 5.32 Å². The van der Waals surface area contributed by atoms with Crippen molar-refractivity contribution in [3.05, 3.63) is 72.2 Å². The predicted molar refractivity (Wildman–Crippen MR) is 98.1 cm³/mol. The van der Waals surface area contributed by atoms with Gasteiger partial charge in [-0.2, -0.15) is 0 Å². The van der Waals surface area contributed by atoms with Gasteiger partial charge in [0.1, 0.15) is 5.76 Å². The van der Waals surface area contributed by atoms with Crippen LogP contribution in [0, 0.1) is 0 Å². The van der Waals surface area contributed by atoms with Crippen LogP contribution in [0.25, 0.3) is 10.8 Å². The molecule has 0 radical (unpaired) electrons. The van der Waals surface area contributed by atoms with Crippen LogP contribution >= 0.6 is 0 Å². The van der Waals surface area contributed by atoms with Gasteiger partial charge in [0.2, 0.25) is 5.91 Å². The third-order valence-corrected chi connectivity index (χ3v) is 4.93. The highest BCUT2D eigenvalue weighted by atomic mass is 16.3. The van der Waals surface area contributed by atoms with E-state index in [1.54, 1.807) is 6.26 Å². The topological polar surface area (TPSA) is 45.5 Å². The van der Waals surface area contributed by atoms with Crippen LogP contribution in [-0.2, 0) is 11.3 Å². The normalized spacial score (nSPS) is 17.8. The molecule has 1 N–H and O–H groups in total. The van der Waals surface area contributed by atoms with Crippen molar-refractivity contribution in [1.29, 1.82) is 0 Å². The van der Waals surface area contributed by atoms with Gasteiger partial charge in [0.05, 0.1) is 19.4 Å². The monoisotopic (exact) mass is 334 g/mol. The fourth-order valence-corrected chi connectivity index (χ4v) is 3.75. The molecular weight excluding hydrogens is 312 g/mol. The number of benzene rings is 2. The zero-order chi connectivity index (χ0) is 17.1. The zero-order valence-electron chi connectivity index (χ0n) is 14.2. The number of carbonyl (C=O) groups is 1. The molecule has 1 saturated heterocycles. The van der Waals surface area contributed by atoms with Gasteiger partial charge >= 0.3 is 0 Å². The molecule has 1 unspecified atom stereocenters. The Labute approximate surface area is 147 Å². The Balaban J connectivity index is 1.47. The number of furan rings is 1. The summed E-state index contributed by atoms with van der Waals surface area (Å²) in [6, 6.07) is 19.0. The molecule has 1 atom stereocenters. The largest absolute Gasteiger partial charge is 0.467 e. The molecule has 25 heavy (non-hydrogen) atoms. The number of nitrogens with zero attached hydrogens (tertiary/aromatic N) is 1. The molecule has 0 spiro atoms. The highest BCUT2D eigenvalue weighted by molar-refractivity contribution is 5.86. The molecule has 128 valence electrons. The lowest BCUT2D eigenvalue weighted by atomic mass is 9.97. The molecule has 2 aromatic carbocycles. The smallest absolute Gasteiger partial charge is 0.234 e. The van der Waals surface area contributed by atoms with E-state index in [1.165, 1.54) is 16.3 Å². The standard InChI is InChI=1S/C21H22N2O2/c24-21(22-14-17-8-5-13-25-17)15-23-12-4-11-20(23)19-10-3-7-16-6-1-2-9-18(16)19/h1-3,5-10,13,20H,4,11-12,14-15H2,(H,22,24). The van der Waals surface area contributed by atoms with Crippen LogP contribution in [0.15, 0.2) is 65.3 Å². The van der Waals surface area contributed by atoms with E-state index in [4.69, 9.17) is 4.42 Å². The summed E-state index contributed by atoms with van der Waals surface area (Å²) in [7, 11) is 0. The van der Waals surface area contributed by atoms with E-state index in [-0.39, 0.29) is 5.91 Å². The molecule has 0 saturated carbocycles. The molecule has 1 fully saturated rings. The Hall–Kier alpha value is -2.59. The van der Waals surface area contributed by atoms with Gasteiger partial charge in [0.15, 0.2) is 0 Å². The van der Waals surface area contributed by atoms with Gasteiger partial charge in [-0.3, -0.25) is 9.69 Å². The van der Waals surface area contributed by atoms with Crippen molar-refractivity contribution in [1.82, 2.24) is 10.2 Å². The molecular formula is C21H22N2O2. The number of carbonyl (C=O) groups excluding carboxylic acids is 1. The molecule has 0 bridgehead atoms. The predicted octanol–water partition coefficient (Wildman–Crippen LogP) is 3.89. The average molecular weight is 334 g/mol. The molecule has 2 heterocycles. The number of nitrogens with one attached hydrogen (secondary N) is 1. The van der Waals surface area contributed by atoms with Crippen LogP contribution in [-0.4, -0.2) is 23.9 Å². The summed E-state index contributed by atoms with van der Waals surface area (Å²) >= 11 is 0. The molecule has 3 aromatic rings. The van der Waals surface area contributed by atoms with Gasteiger partial charge in [-0.25, -0.2) is 0 Å². The number of rotatable bonds is 5. The second kappa shape index (κ2) is 7.11. The van der Waals surface area contributed by atoms with Crippen molar-refractivity contribution in [2.45, 2.75) is 25.4 Å². The maximum Gasteiger partial charge on any atom is 0.234 e. The van der Waals surface area contributed by atoms with Gasteiger partial charge in [-0.1, -0.05) is 42.5 Å². The van der Waals surface area contributed by atoms with Gasteiger partial charge in [-0.05, 0) is 47.9 Å². The zero-order valence-corrected chi connectivity index (χ0v) is 14.2. The Morgan fingerprint density at radius 2 is 2.00 bits per heavy atom. The molecule has 4 rings (SSSR count). The van der Waals surface area contributed by atoms with Crippen molar-refractivity contribution < 1.29 is 9.21 Å². The van der Waals surface area contributed by atoms with Gasteiger partial charge in [0.25, 0.3) is 0 Å². The number of hydrogen-bond acceptors (Lipinski definition) is 3. The Morgan fingerprint density at radius 1 is 1.12 bits per heavy atom. The van der Waals surface area contributed by atoms with E-state index in [0.717, 1.165) is 25.1 Å². The SMILES string of the molecule is O=C(CN1CCCC1c1cccc2ccccc12)NCc1ccco1. The molecule has 1 aromatic heterocycles. The van der Waals surface area contributed by atoms with Crippen molar-refractivity contribution in [3.8, 4) is 0 Å². The molecule has 4 nitrogen and oxygen atoms in total. The summed E-state index contributed by atoms with van der Waals surface area (Å²) in [5.74, 6) is 0.823. The van der Waals surface area contributed by atoms with E-state index in [9.17, 15) is 4.79 Å². The van der Waals surface area contributed by atoms with E-state index >= 15 is 0 Å². The van der Waals surface area contributed by atoms with Gasteiger partial charge in [-0.15, -0.1) is 0 Å².